The SMILES string of the molecule is CNCc1cn(C)c2cc(OC)c(OC)cc12. The van der Waals surface area contributed by atoms with E-state index in [2.05, 4.69) is 16.1 Å². The van der Waals surface area contributed by atoms with Gasteiger partial charge >= 0.3 is 0 Å². The molecule has 92 valence electrons. The molecule has 17 heavy (non-hydrogen) atoms. The second-order valence-electron chi connectivity index (χ2n) is 4.02. The van der Waals surface area contributed by atoms with E-state index in [1.807, 2.05) is 26.2 Å². The Morgan fingerprint density at radius 3 is 2.41 bits per heavy atom. The van der Waals surface area contributed by atoms with Crippen LogP contribution in [0.1, 0.15) is 5.56 Å². The molecule has 0 atom stereocenters. The van der Waals surface area contributed by atoms with Crippen molar-refractivity contribution in [3.63, 3.8) is 0 Å². The van der Waals surface area contributed by atoms with Crippen LogP contribution in [0.2, 0.25) is 0 Å². The lowest BCUT2D eigenvalue weighted by Gasteiger charge is -2.08. The van der Waals surface area contributed by atoms with Crippen molar-refractivity contribution in [1.82, 2.24) is 9.88 Å². The summed E-state index contributed by atoms with van der Waals surface area (Å²) in [6.45, 7) is 0.840. The number of methoxy groups -OCH3 is 2. The quantitative estimate of drug-likeness (QED) is 0.877. The molecular weight excluding hydrogens is 216 g/mol. The zero-order valence-electron chi connectivity index (χ0n) is 10.7. The van der Waals surface area contributed by atoms with E-state index in [1.54, 1.807) is 14.2 Å². The minimum absolute atomic E-state index is 0.761. The van der Waals surface area contributed by atoms with Crippen LogP contribution in [0.5, 0.6) is 11.5 Å². The van der Waals surface area contributed by atoms with Gasteiger partial charge in [0.05, 0.1) is 19.7 Å². The van der Waals surface area contributed by atoms with Crippen LogP contribution in [0, 0.1) is 0 Å². The number of hydrogen-bond acceptors (Lipinski definition) is 3. The monoisotopic (exact) mass is 234 g/mol. The first-order valence-electron chi connectivity index (χ1n) is 5.55. The van der Waals surface area contributed by atoms with Crippen molar-refractivity contribution in [1.29, 1.82) is 0 Å². The maximum Gasteiger partial charge on any atom is 0.162 e. The third-order valence-electron chi connectivity index (χ3n) is 2.94. The number of aryl methyl sites for hydroxylation is 1. The smallest absolute Gasteiger partial charge is 0.162 e. The Balaban J connectivity index is 2.66. The van der Waals surface area contributed by atoms with Crippen molar-refractivity contribution in [3.05, 3.63) is 23.9 Å². The van der Waals surface area contributed by atoms with E-state index in [1.165, 1.54) is 10.9 Å². The molecule has 0 unspecified atom stereocenters. The second kappa shape index (κ2) is 4.67. The Morgan fingerprint density at radius 1 is 1.18 bits per heavy atom. The molecule has 2 rings (SSSR count). The minimum Gasteiger partial charge on any atom is -0.493 e. The van der Waals surface area contributed by atoms with Crippen molar-refractivity contribution in [2.45, 2.75) is 6.54 Å². The number of aromatic nitrogens is 1. The Kier molecular flexibility index (Phi) is 3.24. The number of rotatable bonds is 4. The number of hydrogen-bond donors (Lipinski definition) is 1. The summed E-state index contributed by atoms with van der Waals surface area (Å²) in [7, 11) is 7.29. The van der Waals surface area contributed by atoms with Crippen molar-refractivity contribution < 1.29 is 9.47 Å². The van der Waals surface area contributed by atoms with Gasteiger partial charge in [0.1, 0.15) is 0 Å². The lowest BCUT2D eigenvalue weighted by molar-refractivity contribution is 0.355. The van der Waals surface area contributed by atoms with Gasteiger partial charge in [-0.05, 0) is 18.7 Å². The Labute approximate surface area is 101 Å². The van der Waals surface area contributed by atoms with Gasteiger partial charge in [-0.1, -0.05) is 0 Å². The van der Waals surface area contributed by atoms with Crippen LogP contribution >= 0.6 is 0 Å². The molecule has 0 aliphatic rings. The van der Waals surface area contributed by atoms with E-state index in [-0.39, 0.29) is 0 Å². The van der Waals surface area contributed by atoms with E-state index >= 15 is 0 Å². The summed E-state index contributed by atoms with van der Waals surface area (Å²) in [5, 5.41) is 4.36. The molecule has 1 heterocycles. The highest BCUT2D eigenvalue weighted by molar-refractivity contribution is 5.87. The molecule has 1 aromatic carbocycles. The summed E-state index contributed by atoms with van der Waals surface area (Å²) in [5.74, 6) is 1.53. The molecule has 0 fully saturated rings. The van der Waals surface area contributed by atoms with E-state index in [0.29, 0.717) is 0 Å². The third-order valence-corrected chi connectivity index (χ3v) is 2.94. The van der Waals surface area contributed by atoms with Crippen LogP contribution in [-0.2, 0) is 13.6 Å². The van der Waals surface area contributed by atoms with Crippen molar-refractivity contribution in [2.24, 2.45) is 7.05 Å². The minimum atomic E-state index is 0.761. The molecule has 0 radical (unpaired) electrons. The summed E-state index contributed by atoms with van der Waals surface area (Å²) < 4.78 is 12.7. The summed E-state index contributed by atoms with van der Waals surface area (Å²) in [4.78, 5) is 0. The molecule has 0 amide bonds. The fourth-order valence-electron chi connectivity index (χ4n) is 2.12. The average molecular weight is 234 g/mol. The summed E-state index contributed by atoms with van der Waals surface area (Å²) in [6, 6.07) is 4.04. The summed E-state index contributed by atoms with van der Waals surface area (Å²) in [6.07, 6.45) is 2.13. The molecule has 0 aliphatic heterocycles. The maximum absolute atomic E-state index is 5.33. The summed E-state index contributed by atoms with van der Waals surface area (Å²) in [5.41, 5.74) is 2.40. The first-order chi connectivity index (χ1) is 8.21. The van der Waals surface area contributed by atoms with Crippen LogP contribution < -0.4 is 14.8 Å². The van der Waals surface area contributed by atoms with Gasteiger partial charge in [0.2, 0.25) is 0 Å². The number of nitrogens with one attached hydrogen (secondary N) is 1. The highest BCUT2D eigenvalue weighted by atomic mass is 16.5. The number of nitrogens with zero attached hydrogens (tertiary/aromatic N) is 1. The number of benzene rings is 1. The van der Waals surface area contributed by atoms with Crippen LogP contribution in [0.25, 0.3) is 10.9 Å². The van der Waals surface area contributed by atoms with Gasteiger partial charge in [-0.25, -0.2) is 0 Å². The standard InChI is InChI=1S/C13H18N2O2/c1-14-7-9-8-15(2)11-6-13(17-4)12(16-3)5-10(9)11/h5-6,8,14H,7H2,1-4H3. The van der Waals surface area contributed by atoms with E-state index < -0.39 is 0 Å². The van der Waals surface area contributed by atoms with Gasteiger partial charge < -0.3 is 19.4 Å². The van der Waals surface area contributed by atoms with Crippen LogP contribution in [0.15, 0.2) is 18.3 Å². The molecule has 0 spiro atoms. The van der Waals surface area contributed by atoms with Crippen LogP contribution in [-0.4, -0.2) is 25.8 Å². The molecule has 0 saturated carbocycles. The molecule has 4 heteroatoms. The molecule has 0 saturated heterocycles. The fourth-order valence-corrected chi connectivity index (χ4v) is 2.12. The van der Waals surface area contributed by atoms with Crippen LogP contribution in [0.4, 0.5) is 0 Å². The topological polar surface area (TPSA) is 35.4 Å². The normalized spacial score (nSPS) is 10.8. The predicted molar refractivity (Wildman–Crippen MR) is 68.8 cm³/mol. The molecule has 1 aromatic heterocycles. The third kappa shape index (κ3) is 1.96. The Bertz CT molecular complexity index is 532. The van der Waals surface area contributed by atoms with Gasteiger partial charge in [-0.3, -0.25) is 0 Å². The van der Waals surface area contributed by atoms with E-state index in [9.17, 15) is 0 Å². The highest BCUT2D eigenvalue weighted by Gasteiger charge is 2.11. The van der Waals surface area contributed by atoms with Crippen molar-refractivity contribution >= 4 is 10.9 Å². The largest absolute Gasteiger partial charge is 0.493 e. The lowest BCUT2D eigenvalue weighted by Crippen LogP contribution is -2.04. The number of ether oxygens (including phenoxy) is 2. The molecular formula is C13H18N2O2. The zero-order valence-corrected chi connectivity index (χ0v) is 10.7. The molecule has 1 N–H and O–H groups in total. The number of fused-ring (bicyclic) bond motifs is 1. The predicted octanol–water partition coefficient (Wildman–Crippen LogP) is 1.91. The molecule has 0 aliphatic carbocycles. The highest BCUT2D eigenvalue weighted by Crippen LogP contribution is 2.34. The fraction of sp³-hybridized carbons (Fsp3) is 0.385. The molecule has 0 bridgehead atoms. The van der Waals surface area contributed by atoms with Gasteiger partial charge in [-0.2, -0.15) is 0 Å². The van der Waals surface area contributed by atoms with Gasteiger partial charge in [0, 0.05) is 31.2 Å². The molecule has 4 nitrogen and oxygen atoms in total. The van der Waals surface area contributed by atoms with Gasteiger partial charge in [-0.15, -0.1) is 0 Å². The Hall–Kier alpha value is -1.68. The summed E-state index contributed by atoms with van der Waals surface area (Å²) >= 11 is 0. The van der Waals surface area contributed by atoms with Crippen LogP contribution in [0.3, 0.4) is 0 Å². The average Bonchev–Trinajstić information content (AvgIpc) is 2.65. The first kappa shape index (κ1) is 11.8. The van der Waals surface area contributed by atoms with Gasteiger partial charge in [0.15, 0.2) is 11.5 Å². The van der Waals surface area contributed by atoms with E-state index in [4.69, 9.17) is 9.47 Å². The van der Waals surface area contributed by atoms with E-state index in [0.717, 1.165) is 23.6 Å². The molecule has 2 aromatic rings. The second-order valence-corrected chi connectivity index (χ2v) is 4.02. The Morgan fingerprint density at radius 2 is 1.82 bits per heavy atom. The zero-order chi connectivity index (χ0) is 12.4. The van der Waals surface area contributed by atoms with Gasteiger partial charge in [0.25, 0.3) is 0 Å². The first-order valence-corrected chi connectivity index (χ1v) is 5.55. The maximum atomic E-state index is 5.33. The van der Waals surface area contributed by atoms with Crippen molar-refractivity contribution in [3.8, 4) is 11.5 Å². The van der Waals surface area contributed by atoms with Crippen molar-refractivity contribution in [2.75, 3.05) is 21.3 Å². The lowest BCUT2D eigenvalue weighted by atomic mass is 10.1.